The summed E-state index contributed by atoms with van der Waals surface area (Å²) in [4.78, 5) is 19.9. The van der Waals surface area contributed by atoms with Crippen LogP contribution in [0.3, 0.4) is 0 Å². The van der Waals surface area contributed by atoms with Gasteiger partial charge in [-0.05, 0) is 48.2 Å². The summed E-state index contributed by atoms with van der Waals surface area (Å²) in [6.07, 6.45) is 4.01. The maximum atomic E-state index is 13.6. The first-order valence-corrected chi connectivity index (χ1v) is 8.45. The summed E-state index contributed by atoms with van der Waals surface area (Å²) in [5, 5.41) is 0. The molecule has 1 aliphatic rings. The van der Waals surface area contributed by atoms with Crippen molar-refractivity contribution in [3.05, 3.63) is 70.5 Å². The first kappa shape index (κ1) is 16.4. The number of nitrogens with two attached hydrogens (primary N) is 1. The number of fused-ring (bicyclic) bond motifs is 1. The predicted octanol–water partition coefficient (Wildman–Crippen LogP) is 4.05. The number of benzene rings is 1. The zero-order valence-corrected chi connectivity index (χ0v) is 14.0. The van der Waals surface area contributed by atoms with Gasteiger partial charge in [0, 0.05) is 35.9 Å². The summed E-state index contributed by atoms with van der Waals surface area (Å²) >= 11 is 0. The van der Waals surface area contributed by atoms with E-state index in [9.17, 15) is 13.6 Å². The molecule has 1 aromatic carbocycles. The molecule has 3 N–H and O–H groups in total. The van der Waals surface area contributed by atoms with Gasteiger partial charge in [-0.3, -0.25) is 4.79 Å². The molecular formula is C20H17F2N3O. The number of anilines is 1. The second-order valence-corrected chi connectivity index (χ2v) is 6.50. The van der Waals surface area contributed by atoms with E-state index in [1.54, 1.807) is 12.3 Å². The van der Waals surface area contributed by atoms with Crippen LogP contribution in [0.15, 0.2) is 36.5 Å². The van der Waals surface area contributed by atoms with Crippen molar-refractivity contribution in [2.24, 2.45) is 0 Å². The lowest BCUT2D eigenvalue weighted by molar-refractivity contribution is 0.0971. The second kappa shape index (κ2) is 6.37. The SMILES string of the molecule is Nc1cc(-c2[nH]c3c(c2Cc2ccc(F)c(F)c2)C(=O)CCC3)ccn1. The quantitative estimate of drug-likeness (QED) is 0.746. The maximum absolute atomic E-state index is 13.6. The number of Topliss-reactive ketones (excluding diaryl/α,β-unsaturated/α-hetero) is 1. The van der Waals surface area contributed by atoms with Gasteiger partial charge in [0.1, 0.15) is 5.82 Å². The Morgan fingerprint density at radius 2 is 1.96 bits per heavy atom. The number of nitrogen functional groups attached to an aromatic ring is 1. The van der Waals surface area contributed by atoms with Crippen molar-refractivity contribution in [1.29, 1.82) is 0 Å². The van der Waals surface area contributed by atoms with Crippen LogP contribution in [0.2, 0.25) is 0 Å². The number of nitrogens with zero attached hydrogens (tertiary/aromatic N) is 1. The highest BCUT2D eigenvalue weighted by atomic mass is 19.2. The van der Waals surface area contributed by atoms with Crippen molar-refractivity contribution in [1.82, 2.24) is 9.97 Å². The van der Waals surface area contributed by atoms with Crippen LogP contribution in [-0.2, 0) is 12.8 Å². The molecule has 0 bridgehead atoms. The van der Waals surface area contributed by atoms with Crippen LogP contribution in [0.5, 0.6) is 0 Å². The Balaban J connectivity index is 1.86. The molecule has 26 heavy (non-hydrogen) atoms. The molecule has 0 atom stereocenters. The number of ketones is 1. The lowest BCUT2D eigenvalue weighted by Crippen LogP contribution is -2.11. The summed E-state index contributed by atoms with van der Waals surface area (Å²) in [6, 6.07) is 7.36. The summed E-state index contributed by atoms with van der Waals surface area (Å²) < 4.78 is 26.9. The average Bonchev–Trinajstić information content (AvgIpc) is 2.98. The molecule has 2 heterocycles. The van der Waals surface area contributed by atoms with Gasteiger partial charge in [-0.2, -0.15) is 0 Å². The van der Waals surface area contributed by atoms with E-state index >= 15 is 0 Å². The lowest BCUT2D eigenvalue weighted by atomic mass is 9.89. The number of H-pyrrole nitrogens is 1. The van der Waals surface area contributed by atoms with Crippen LogP contribution in [0.1, 0.15) is 40.0 Å². The van der Waals surface area contributed by atoms with E-state index in [1.807, 2.05) is 6.07 Å². The highest BCUT2D eigenvalue weighted by Gasteiger charge is 2.26. The van der Waals surface area contributed by atoms with Gasteiger partial charge in [0.05, 0.1) is 5.69 Å². The normalized spacial score (nSPS) is 13.7. The maximum Gasteiger partial charge on any atom is 0.165 e. The molecule has 4 nitrogen and oxygen atoms in total. The van der Waals surface area contributed by atoms with E-state index in [0.29, 0.717) is 29.8 Å². The number of pyridine rings is 1. The molecule has 3 aromatic rings. The van der Waals surface area contributed by atoms with Gasteiger partial charge in [-0.25, -0.2) is 13.8 Å². The van der Waals surface area contributed by atoms with Gasteiger partial charge < -0.3 is 10.7 Å². The molecule has 0 saturated heterocycles. The fraction of sp³-hybridized carbons (Fsp3) is 0.200. The molecule has 1 aliphatic carbocycles. The predicted molar refractivity (Wildman–Crippen MR) is 94.9 cm³/mol. The smallest absolute Gasteiger partial charge is 0.165 e. The second-order valence-electron chi connectivity index (χ2n) is 6.50. The van der Waals surface area contributed by atoms with Gasteiger partial charge in [0.25, 0.3) is 0 Å². The Labute approximate surface area is 149 Å². The fourth-order valence-electron chi connectivity index (χ4n) is 3.55. The number of aromatic nitrogens is 2. The standard InChI is InChI=1S/C20H17F2N3O/c21-14-5-4-11(9-15(14)22)8-13-19-16(2-1-3-17(19)26)25-20(13)12-6-7-24-18(23)10-12/h4-7,9-10,25H,1-3,8H2,(H2,23,24). The first-order chi connectivity index (χ1) is 12.5. The Hall–Kier alpha value is -3.02. The summed E-state index contributed by atoms with van der Waals surface area (Å²) in [6.45, 7) is 0. The molecule has 0 amide bonds. The Bertz CT molecular complexity index is 1010. The van der Waals surface area contributed by atoms with Crippen molar-refractivity contribution in [3.63, 3.8) is 0 Å². The Morgan fingerprint density at radius 1 is 1.12 bits per heavy atom. The van der Waals surface area contributed by atoms with Gasteiger partial charge >= 0.3 is 0 Å². The van der Waals surface area contributed by atoms with Crippen LogP contribution in [-0.4, -0.2) is 15.8 Å². The third-order valence-electron chi connectivity index (χ3n) is 4.73. The van der Waals surface area contributed by atoms with Gasteiger partial charge in [0.15, 0.2) is 17.4 Å². The number of hydrogen-bond donors (Lipinski definition) is 2. The van der Waals surface area contributed by atoms with Crippen molar-refractivity contribution >= 4 is 11.6 Å². The van der Waals surface area contributed by atoms with Crippen molar-refractivity contribution in [3.8, 4) is 11.3 Å². The van der Waals surface area contributed by atoms with E-state index in [2.05, 4.69) is 9.97 Å². The molecule has 6 heteroatoms. The largest absolute Gasteiger partial charge is 0.384 e. The molecule has 0 unspecified atom stereocenters. The lowest BCUT2D eigenvalue weighted by Gasteiger charge is -2.12. The molecular weight excluding hydrogens is 336 g/mol. The number of hydrogen-bond acceptors (Lipinski definition) is 3. The van der Waals surface area contributed by atoms with Crippen LogP contribution in [0, 0.1) is 11.6 Å². The van der Waals surface area contributed by atoms with Crippen molar-refractivity contribution < 1.29 is 13.6 Å². The number of nitrogens with one attached hydrogen (secondary N) is 1. The van der Waals surface area contributed by atoms with Crippen molar-refractivity contribution in [2.75, 3.05) is 5.73 Å². The fourth-order valence-corrected chi connectivity index (χ4v) is 3.55. The van der Waals surface area contributed by atoms with Crippen LogP contribution >= 0.6 is 0 Å². The molecule has 0 aliphatic heterocycles. The van der Waals surface area contributed by atoms with E-state index in [1.165, 1.54) is 12.1 Å². The van der Waals surface area contributed by atoms with Crippen LogP contribution < -0.4 is 5.73 Å². The summed E-state index contributed by atoms with van der Waals surface area (Å²) in [7, 11) is 0. The number of halogens is 2. The first-order valence-electron chi connectivity index (χ1n) is 8.45. The van der Waals surface area contributed by atoms with Gasteiger partial charge in [0.2, 0.25) is 0 Å². The minimum absolute atomic E-state index is 0.0772. The third-order valence-corrected chi connectivity index (χ3v) is 4.73. The van der Waals surface area contributed by atoms with Gasteiger partial charge in [-0.15, -0.1) is 0 Å². The number of rotatable bonds is 3. The number of aryl methyl sites for hydroxylation is 1. The topological polar surface area (TPSA) is 71.8 Å². The van der Waals surface area contributed by atoms with E-state index in [0.717, 1.165) is 41.4 Å². The number of carbonyl (C=O) groups excluding carboxylic acids is 1. The minimum Gasteiger partial charge on any atom is -0.384 e. The Morgan fingerprint density at radius 3 is 2.73 bits per heavy atom. The van der Waals surface area contributed by atoms with E-state index < -0.39 is 11.6 Å². The summed E-state index contributed by atoms with van der Waals surface area (Å²) in [5.74, 6) is -1.33. The number of aromatic amines is 1. The molecule has 2 aromatic heterocycles. The molecule has 0 saturated carbocycles. The summed E-state index contributed by atoms with van der Waals surface area (Å²) in [5.41, 5.74) is 10.4. The zero-order valence-electron chi connectivity index (χ0n) is 14.0. The van der Waals surface area contributed by atoms with Crippen LogP contribution in [0.25, 0.3) is 11.3 Å². The van der Waals surface area contributed by atoms with E-state index in [4.69, 9.17) is 5.73 Å². The van der Waals surface area contributed by atoms with Crippen molar-refractivity contribution in [2.45, 2.75) is 25.7 Å². The monoisotopic (exact) mass is 353 g/mol. The van der Waals surface area contributed by atoms with Crippen LogP contribution in [0.4, 0.5) is 14.6 Å². The average molecular weight is 353 g/mol. The third kappa shape index (κ3) is 2.87. The highest BCUT2D eigenvalue weighted by Crippen LogP contribution is 2.34. The zero-order chi connectivity index (χ0) is 18.3. The molecule has 0 fully saturated rings. The minimum atomic E-state index is -0.895. The molecule has 0 radical (unpaired) electrons. The Kier molecular flexibility index (Phi) is 4.03. The van der Waals surface area contributed by atoms with Gasteiger partial charge in [-0.1, -0.05) is 6.07 Å². The molecule has 0 spiro atoms. The number of carbonyl (C=O) groups is 1. The molecule has 4 rings (SSSR count). The highest BCUT2D eigenvalue weighted by molar-refractivity contribution is 6.01. The molecule has 132 valence electrons. The van der Waals surface area contributed by atoms with E-state index in [-0.39, 0.29) is 5.78 Å².